The first-order valence-corrected chi connectivity index (χ1v) is 8.25. The van der Waals surface area contributed by atoms with Gasteiger partial charge in [0.1, 0.15) is 0 Å². The Morgan fingerprint density at radius 3 is 1.92 bits per heavy atom. The third-order valence-electron chi connectivity index (χ3n) is 3.05. The van der Waals surface area contributed by atoms with Gasteiger partial charge in [0.2, 0.25) is 0 Å². The topological polar surface area (TPSA) is 38.7 Å². The molecule has 0 aliphatic carbocycles. The van der Waals surface area contributed by atoms with Gasteiger partial charge in [0, 0.05) is 31.0 Å². The second-order valence-electron chi connectivity index (χ2n) is 5.35. The molecule has 3 aromatic rings. The number of aryl methyl sites for hydroxylation is 4. The highest BCUT2D eigenvalue weighted by molar-refractivity contribution is 6.31. The van der Waals surface area contributed by atoms with Crippen LogP contribution in [0.1, 0.15) is 29.3 Å². The molecule has 0 fully saturated rings. The predicted molar refractivity (Wildman–Crippen MR) is 101 cm³/mol. The molecule has 0 amide bonds. The molecule has 0 bridgehead atoms. The van der Waals surface area contributed by atoms with Gasteiger partial charge in [-0.2, -0.15) is 0 Å². The number of nitrogens with zero attached hydrogens (tertiary/aromatic N) is 3. The van der Waals surface area contributed by atoms with E-state index in [1.807, 2.05) is 70.4 Å². The molecule has 3 rings (SSSR count). The van der Waals surface area contributed by atoms with E-state index in [-0.39, 0.29) is 0 Å². The van der Waals surface area contributed by atoms with Crippen LogP contribution in [0.2, 0.25) is 5.02 Å². The molecular weight excluding hydrogens is 318 g/mol. The van der Waals surface area contributed by atoms with E-state index >= 15 is 0 Å². The number of rotatable bonds is 1. The summed E-state index contributed by atoms with van der Waals surface area (Å²) in [5.41, 5.74) is 4.56. The van der Waals surface area contributed by atoms with Crippen LogP contribution in [0.15, 0.2) is 61.3 Å². The minimum absolute atomic E-state index is 0.780. The van der Waals surface area contributed by atoms with Gasteiger partial charge in [-0.15, -0.1) is 0 Å². The maximum absolute atomic E-state index is 5.87. The van der Waals surface area contributed by atoms with Crippen molar-refractivity contribution in [3.8, 4) is 0 Å². The first kappa shape index (κ1) is 19.8. The average Bonchev–Trinajstić information content (AvgIpc) is 2.57. The van der Waals surface area contributed by atoms with Crippen LogP contribution in [0.25, 0.3) is 0 Å². The van der Waals surface area contributed by atoms with Gasteiger partial charge in [-0.3, -0.25) is 15.0 Å². The van der Waals surface area contributed by atoms with Gasteiger partial charge >= 0.3 is 0 Å². The van der Waals surface area contributed by atoms with Gasteiger partial charge in [-0.25, -0.2) is 0 Å². The maximum atomic E-state index is 5.87. The monoisotopic (exact) mass is 341 g/mol. The van der Waals surface area contributed by atoms with Gasteiger partial charge in [0.15, 0.2) is 0 Å². The molecule has 3 nitrogen and oxygen atoms in total. The second kappa shape index (κ2) is 11.3. The van der Waals surface area contributed by atoms with E-state index in [0.29, 0.717) is 0 Å². The van der Waals surface area contributed by atoms with Crippen LogP contribution in [0.3, 0.4) is 0 Å². The van der Waals surface area contributed by atoms with Gasteiger partial charge < -0.3 is 0 Å². The summed E-state index contributed by atoms with van der Waals surface area (Å²) in [4.78, 5) is 11.9. The normalized spacial score (nSPS) is 9.21. The Bertz CT molecular complexity index is 663. The zero-order chi connectivity index (χ0) is 17.8. The predicted octanol–water partition coefficient (Wildman–Crippen LogP) is 5.39. The molecule has 0 N–H and O–H groups in total. The number of pyridine rings is 3. The number of hydrogen-bond acceptors (Lipinski definition) is 3. The Morgan fingerprint density at radius 2 is 1.54 bits per heavy atom. The molecule has 0 unspecified atom stereocenters. The molecule has 0 aliphatic heterocycles. The summed E-state index contributed by atoms with van der Waals surface area (Å²) in [6.45, 7) is 8.09. The molecule has 126 valence electrons. The highest BCUT2D eigenvalue weighted by Crippen LogP contribution is 2.14. The Morgan fingerprint density at radius 1 is 0.833 bits per heavy atom. The zero-order valence-corrected chi connectivity index (χ0v) is 15.5. The average molecular weight is 342 g/mol. The molecule has 0 radical (unpaired) electrons. The smallest absolute Gasteiger partial charge is 0.0623 e. The van der Waals surface area contributed by atoms with Crippen LogP contribution < -0.4 is 0 Å². The van der Waals surface area contributed by atoms with Crippen LogP contribution in [0.4, 0.5) is 0 Å². The number of hydrogen-bond donors (Lipinski definition) is 0. The van der Waals surface area contributed by atoms with Crippen LogP contribution in [0.5, 0.6) is 0 Å². The van der Waals surface area contributed by atoms with Crippen molar-refractivity contribution in [1.82, 2.24) is 15.0 Å². The first-order chi connectivity index (χ1) is 11.5. The van der Waals surface area contributed by atoms with Gasteiger partial charge in [-0.1, -0.05) is 24.6 Å². The molecule has 24 heavy (non-hydrogen) atoms. The summed E-state index contributed by atoms with van der Waals surface area (Å²) in [6.07, 6.45) is 9.92. The number of halogens is 1. The van der Waals surface area contributed by atoms with Crippen molar-refractivity contribution in [2.45, 2.75) is 34.1 Å². The summed E-state index contributed by atoms with van der Waals surface area (Å²) >= 11 is 5.87. The summed E-state index contributed by atoms with van der Waals surface area (Å²) in [5, 5.41) is 0.780. The lowest BCUT2D eigenvalue weighted by molar-refractivity contribution is 1.03. The Labute approximate surface area is 149 Å². The quantitative estimate of drug-likeness (QED) is 0.596. The van der Waals surface area contributed by atoms with Crippen LogP contribution in [-0.2, 0) is 6.42 Å². The third kappa shape index (κ3) is 8.39. The molecule has 3 aromatic heterocycles. The van der Waals surface area contributed by atoms with Crippen molar-refractivity contribution in [2.75, 3.05) is 0 Å². The highest BCUT2D eigenvalue weighted by Gasteiger charge is 1.97. The van der Waals surface area contributed by atoms with E-state index in [1.165, 1.54) is 11.1 Å². The van der Waals surface area contributed by atoms with Crippen molar-refractivity contribution in [1.29, 1.82) is 0 Å². The summed E-state index contributed by atoms with van der Waals surface area (Å²) in [5.74, 6) is 0. The standard InChI is InChI=1S/C8H10ClN.2C6H7N/c1-3-8-7(9)4-6(2)5-10-8;1-6-2-4-7-5-3-6;1-6-3-2-4-7-5-6/h4-5H,3H2,1-2H3;2*2-5H,1H3. The molecule has 4 heteroatoms. The zero-order valence-electron chi connectivity index (χ0n) is 14.7. The van der Waals surface area contributed by atoms with E-state index < -0.39 is 0 Å². The molecule has 3 heterocycles. The van der Waals surface area contributed by atoms with Crippen molar-refractivity contribution in [3.05, 3.63) is 88.7 Å². The number of aromatic nitrogens is 3. The Kier molecular flexibility index (Phi) is 9.32. The van der Waals surface area contributed by atoms with E-state index in [0.717, 1.165) is 22.7 Å². The van der Waals surface area contributed by atoms with E-state index in [9.17, 15) is 0 Å². The van der Waals surface area contributed by atoms with Crippen molar-refractivity contribution < 1.29 is 0 Å². The van der Waals surface area contributed by atoms with Crippen molar-refractivity contribution >= 4 is 11.6 Å². The van der Waals surface area contributed by atoms with E-state index in [2.05, 4.69) is 15.0 Å². The lowest BCUT2D eigenvalue weighted by Gasteiger charge is -1.98. The van der Waals surface area contributed by atoms with Crippen molar-refractivity contribution in [3.63, 3.8) is 0 Å². The summed E-state index contributed by atoms with van der Waals surface area (Å²) < 4.78 is 0. The SMILES string of the molecule is CCc1ncc(C)cc1Cl.Cc1cccnc1.Cc1ccncc1. The molecule has 0 atom stereocenters. The lowest BCUT2D eigenvalue weighted by Crippen LogP contribution is -1.88. The second-order valence-corrected chi connectivity index (χ2v) is 5.76. The van der Waals surface area contributed by atoms with Crippen LogP contribution in [-0.4, -0.2) is 15.0 Å². The van der Waals surface area contributed by atoms with E-state index in [1.54, 1.807) is 18.6 Å². The van der Waals surface area contributed by atoms with E-state index in [4.69, 9.17) is 11.6 Å². The molecule has 0 saturated heterocycles. The minimum Gasteiger partial charge on any atom is -0.265 e. The third-order valence-corrected chi connectivity index (χ3v) is 3.37. The minimum atomic E-state index is 0.780. The highest BCUT2D eigenvalue weighted by atomic mass is 35.5. The summed E-state index contributed by atoms with van der Waals surface area (Å²) in [7, 11) is 0. The fraction of sp³-hybridized carbons (Fsp3) is 0.250. The summed E-state index contributed by atoms with van der Waals surface area (Å²) in [6, 6.07) is 9.83. The van der Waals surface area contributed by atoms with Crippen LogP contribution in [0, 0.1) is 20.8 Å². The lowest BCUT2D eigenvalue weighted by atomic mass is 10.2. The fourth-order valence-electron chi connectivity index (χ4n) is 1.70. The molecule has 0 aromatic carbocycles. The first-order valence-electron chi connectivity index (χ1n) is 7.87. The Hall–Kier alpha value is -2.26. The van der Waals surface area contributed by atoms with Crippen LogP contribution >= 0.6 is 11.6 Å². The molecule has 0 spiro atoms. The molecule has 0 aliphatic rings. The molecule has 0 saturated carbocycles. The Balaban J connectivity index is 0.000000185. The molecular formula is C20H24ClN3. The maximum Gasteiger partial charge on any atom is 0.0623 e. The van der Waals surface area contributed by atoms with Crippen molar-refractivity contribution in [2.24, 2.45) is 0 Å². The van der Waals surface area contributed by atoms with Gasteiger partial charge in [0.05, 0.1) is 10.7 Å². The van der Waals surface area contributed by atoms with Gasteiger partial charge in [0.25, 0.3) is 0 Å². The largest absolute Gasteiger partial charge is 0.265 e. The van der Waals surface area contributed by atoms with Gasteiger partial charge in [-0.05, 0) is 68.1 Å². The fourth-order valence-corrected chi connectivity index (χ4v) is 2.05.